The highest BCUT2D eigenvalue weighted by Crippen LogP contribution is 2.56. The van der Waals surface area contributed by atoms with Crippen LogP contribution in [0.2, 0.25) is 0 Å². The van der Waals surface area contributed by atoms with Crippen LogP contribution in [0.3, 0.4) is 0 Å². The molecule has 6 rings (SSSR count). The van der Waals surface area contributed by atoms with Gasteiger partial charge >= 0.3 is 17.2 Å². The third kappa shape index (κ3) is 15.5. The van der Waals surface area contributed by atoms with E-state index >= 15 is 8.42 Å². The van der Waals surface area contributed by atoms with Crippen molar-refractivity contribution in [3.63, 3.8) is 0 Å². The molecule has 0 saturated heterocycles. The molecule has 4 aliphatic rings. The van der Waals surface area contributed by atoms with Gasteiger partial charge in [-0.25, -0.2) is 8.42 Å². The van der Waals surface area contributed by atoms with E-state index in [0.29, 0.717) is 71.0 Å². The Morgan fingerprint density at radius 2 is 0.726 bits per heavy atom. The Morgan fingerprint density at radius 1 is 0.466 bits per heavy atom. The lowest BCUT2D eigenvalue weighted by Gasteiger charge is -2.41. The van der Waals surface area contributed by atoms with Gasteiger partial charge in [0.05, 0.1) is 24.4 Å². The number of hydrogen-bond acceptors (Lipinski definition) is 8. The van der Waals surface area contributed by atoms with Crippen molar-refractivity contribution in [1.29, 1.82) is 0 Å². The maximum Gasteiger partial charge on any atom is 0.397 e. The molecule has 4 unspecified atom stereocenters. The second-order valence-electron chi connectivity index (χ2n) is 26.8. The molecule has 0 heterocycles. The van der Waals surface area contributed by atoms with Gasteiger partial charge in [0.1, 0.15) is 21.3 Å². The molecule has 0 radical (unpaired) electrons. The van der Waals surface area contributed by atoms with Crippen molar-refractivity contribution in [2.45, 2.75) is 260 Å². The van der Waals surface area contributed by atoms with Crippen LogP contribution in [0.25, 0.3) is 0 Å². The lowest BCUT2D eigenvalue weighted by molar-refractivity contribution is -0.00331. The monoisotopic (exact) mass is 1070 g/mol. The van der Waals surface area contributed by atoms with Gasteiger partial charge in [0.15, 0.2) is 0 Å². The van der Waals surface area contributed by atoms with E-state index in [-0.39, 0.29) is 56.5 Å². The zero-order valence-electron chi connectivity index (χ0n) is 49.2. The predicted octanol–water partition coefficient (Wildman–Crippen LogP) is 19.0. The highest BCUT2D eigenvalue weighted by Gasteiger charge is 2.43. The van der Waals surface area contributed by atoms with Gasteiger partial charge in [0.2, 0.25) is 9.84 Å². The van der Waals surface area contributed by atoms with Crippen LogP contribution in [-0.2, 0) is 38.8 Å². The van der Waals surface area contributed by atoms with Gasteiger partial charge in [-0.1, -0.05) is 162 Å². The maximum atomic E-state index is 16.4. The third-order valence-corrected chi connectivity index (χ3v) is 23.1. The van der Waals surface area contributed by atoms with E-state index in [1.807, 2.05) is 36.4 Å². The molecule has 11 heteroatoms. The smallest absolute Gasteiger partial charge is 0.397 e. The molecule has 0 bridgehead atoms. The molecule has 4 saturated carbocycles. The first kappa shape index (κ1) is 60.9. The SMILES string of the molecule is CCC(C)(C)c1ccc(OP(O[C@@H]2C[C@H](C)CCC2C(C)C)O[C@@H]2C[C@H](C)CC[C@H]2C(C)C)c(S(=O)(=O)c2cc(C(C)(C)CC)ccc2OP(O[C@@H]2C[C@H](C)CCC2C(C)C)O[C@@H]2C[C@H](C)CC[C@H]2C(C)C)c1. The van der Waals surface area contributed by atoms with Crippen molar-refractivity contribution in [3.05, 3.63) is 47.5 Å². The van der Waals surface area contributed by atoms with Crippen LogP contribution in [0, 0.1) is 71.0 Å². The molecule has 0 spiro atoms. The van der Waals surface area contributed by atoms with E-state index in [0.717, 1.165) is 75.3 Å². The van der Waals surface area contributed by atoms with Crippen LogP contribution >= 0.6 is 17.2 Å². The first-order valence-corrected chi connectivity index (χ1v) is 33.1. The molecule has 0 N–H and O–H groups in total. The molecule has 2 aromatic rings. The fourth-order valence-corrected chi connectivity index (χ4v) is 17.1. The molecule has 4 fully saturated rings. The van der Waals surface area contributed by atoms with Gasteiger partial charge < -0.3 is 9.05 Å². The van der Waals surface area contributed by atoms with E-state index in [1.165, 1.54) is 25.7 Å². The molecule has 73 heavy (non-hydrogen) atoms. The largest absolute Gasteiger partial charge is 0.425 e. The molecule has 0 amide bonds. The fraction of sp³-hybridized carbons (Fsp3) is 0.806. The summed E-state index contributed by atoms with van der Waals surface area (Å²) in [6, 6.07) is 11.6. The van der Waals surface area contributed by atoms with Gasteiger partial charge in [0.25, 0.3) is 0 Å². The first-order valence-electron chi connectivity index (χ1n) is 29.4. The topological polar surface area (TPSA) is 89.5 Å². The van der Waals surface area contributed by atoms with Crippen LogP contribution in [0.5, 0.6) is 11.5 Å². The average Bonchev–Trinajstić information content (AvgIpc) is 3.31. The summed E-state index contributed by atoms with van der Waals surface area (Å²) in [5.41, 5.74) is 1.21. The summed E-state index contributed by atoms with van der Waals surface area (Å²) in [5, 5.41) is 0. The van der Waals surface area contributed by atoms with Crippen molar-refractivity contribution < 1.29 is 35.6 Å². The van der Waals surface area contributed by atoms with E-state index in [9.17, 15) is 0 Å². The molecule has 0 aliphatic heterocycles. The summed E-state index contributed by atoms with van der Waals surface area (Å²) in [5.74, 6) is 5.62. The van der Waals surface area contributed by atoms with Gasteiger partial charge in [-0.2, -0.15) is 0 Å². The number of hydrogen-bond donors (Lipinski definition) is 0. The normalized spacial score (nSPS) is 30.8. The Kier molecular flexibility index (Phi) is 21.8. The summed E-state index contributed by atoms with van der Waals surface area (Å²) in [6.45, 7) is 40.7. The first-order chi connectivity index (χ1) is 34.2. The molecular formula is C62H104O8P2S. The summed E-state index contributed by atoms with van der Waals surface area (Å²) in [6.07, 6.45) is 14.1. The highest BCUT2D eigenvalue weighted by molar-refractivity contribution is 7.91. The minimum Gasteiger partial charge on any atom is -0.425 e. The Labute approximate surface area is 450 Å². The fourth-order valence-electron chi connectivity index (χ4n) is 12.6. The van der Waals surface area contributed by atoms with Crippen molar-refractivity contribution in [2.24, 2.45) is 71.0 Å². The highest BCUT2D eigenvalue weighted by atomic mass is 32.2. The van der Waals surface area contributed by atoms with Crippen LogP contribution in [0.4, 0.5) is 0 Å². The second-order valence-corrected chi connectivity index (χ2v) is 30.8. The van der Waals surface area contributed by atoms with Gasteiger partial charge in [-0.3, -0.25) is 18.1 Å². The van der Waals surface area contributed by atoms with Crippen LogP contribution in [0.1, 0.15) is 226 Å². The number of rotatable bonds is 22. The lowest BCUT2D eigenvalue weighted by Crippen LogP contribution is -2.36. The van der Waals surface area contributed by atoms with Crippen LogP contribution < -0.4 is 9.05 Å². The summed E-state index contributed by atoms with van der Waals surface area (Å²) in [7, 11) is -8.44. The average molecular weight is 1070 g/mol. The standard InChI is InChI=1S/C62H104O8P2S/c1-19-61(15,16)47-25-31-53(65-71(67-55-33-43(11)21-27-49(55)39(3)4)68-56-34-44(12)22-28-50(56)40(5)6)59(37-47)73(63,64)60-38-48(62(17,18)20-2)26-32-54(60)66-72(69-57-35-45(13)23-29-51(57)41(7)8)70-58-36-46(14)24-30-52(58)42(9)10/h25-26,31-32,37-46,49-52,55-58H,19-24,27-30,33-36H2,1-18H3/t43-,44-,45-,46-,49+,50?,51+,52?,55-,56-,57-,58-,71?,72?/m1/s1. The zero-order chi connectivity index (χ0) is 53.7. The quantitative estimate of drug-likeness (QED) is 0.108. The molecule has 2 aromatic carbocycles. The molecule has 0 aromatic heterocycles. The number of sulfone groups is 1. The Bertz CT molecular complexity index is 1940. The van der Waals surface area contributed by atoms with Crippen molar-refractivity contribution in [3.8, 4) is 11.5 Å². The maximum absolute atomic E-state index is 16.4. The van der Waals surface area contributed by atoms with Crippen molar-refractivity contribution in [2.75, 3.05) is 0 Å². The van der Waals surface area contributed by atoms with Crippen molar-refractivity contribution in [1.82, 2.24) is 0 Å². The Hall–Kier alpha value is -1.31. The lowest BCUT2D eigenvalue weighted by atomic mass is 9.75. The number of benzene rings is 2. The van der Waals surface area contributed by atoms with Crippen LogP contribution in [0.15, 0.2) is 46.2 Å². The van der Waals surface area contributed by atoms with Gasteiger partial charge in [-0.05, 0) is 181 Å². The molecule has 4 aliphatic carbocycles. The zero-order valence-corrected chi connectivity index (χ0v) is 51.8. The van der Waals surface area contributed by atoms with Crippen molar-refractivity contribution >= 4 is 27.0 Å². The molecular weight excluding hydrogens is 967 g/mol. The van der Waals surface area contributed by atoms with E-state index in [2.05, 4.69) is 125 Å². The van der Waals surface area contributed by atoms with Gasteiger partial charge in [-0.15, -0.1) is 0 Å². The Morgan fingerprint density at radius 3 is 0.959 bits per heavy atom. The van der Waals surface area contributed by atoms with Gasteiger partial charge in [0, 0.05) is 0 Å². The second kappa shape index (κ2) is 26.1. The molecule has 14 atom stereocenters. The minimum atomic E-state index is -4.39. The van der Waals surface area contributed by atoms with E-state index in [1.54, 1.807) is 0 Å². The van der Waals surface area contributed by atoms with Crippen LogP contribution in [-0.4, -0.2) is 32.8 Å². The van der Waals surface area contributed by atoms with E-state index in [4.69, 9.17) is 27.1 Å². The summed E-state index contributed by atoms with van der Waals surface area (Å²) >= 11 is 0. The third-order valence-electron chi connectivity index (χ3n) is 18.9. The molecule has 8 nitrogen and oxygen atoms in total. The minimum absolute atomic E-state index is 0.0659. The van der Waals surface area contributed by atoms with E-state index < -0.39 is 27.0 Å². The molecule has 416 valence electrons. The summed E-state index contributed by atoms with van der Waals surface area (Å²) in [4.78, 5) is 0.205. The Balaban J connectivity index is 1.51. The summed E-state index contributed by atoms with van der Waals surface area (Å²) < 4.78 is 76.0. The predicted molar refractivity (Wildman–Crippen MR) is 305 cm³/mol.